The normalized spacial score (nSPS) is 22.1. The molecule has 43 heavy (non-hydrogen) atoms. The van der Waals surface area contributed by atoms with E-state index in [4.69, 9.17) is 4.74 Å². The lowest BCUT2D eigenvalue weighted by Gasteiger charge is -2.32. The summed E-state index contributed by atoms with van der Waals surface area (Å²) in [4.78, 5) is 19.8. The van der Waals surface area contributed by atoms with E-state index in [9.17, 15) is 10.1 Å². The lowest BCUT2D eigenvalue weighted by Crippen LogP contribution is -2.37. The van der Waals surface area contributed by atoms with Crippen LogP contribution < -0.4 is 15.4 Å². The van der Waals surface area contributed by atoms with E-state index in [1.807, 2.05) is 42.6 Å². The van der Waals surface area contributed by atoms with Crippen molar-refractivity contribution < 1.29 is 9.53 Å². The molecule has 10 heteroatoms. The SMILES string of the molecule is CN1CCCC1(C)c1nnc2ccc(O[C@@H]3CC[C@H](NC(=O)Nc4cc(C(C)(C)C)cc(C#N)n4)c4ccccc43)cn12. The second kappa shape index (κ2) is 11.0. The highest BCUT2D eigenvalue weighted by atomic mass is 16.5. The van der Waals surface area contributed by atoms with Gasteiger partial charge < -0.3 is 10.1 Å². The molecule has 4 aromatic rings. The maximum Gasteiger partial charge on any atom is 0.320 e. The van der Waals surface area contributed by atoms with Gasteiger partial charge >= 0.3 is 6.03 Å². The maximum absolute atomic E-state index is 13.1. The van der Waals surface area contributed by atoms with E-state index in [0.717, 1.165) is 59.7 Å². The van der Waals surface area contributed by atoms with Crippen molar-refractivity contribution in [2.45, 2.75) is 76.5 Å². The molecular formula is C33H38N8O2. The van der Waals surface area contributed by atoms with Crippen LogP contribution in [0.2, 0.25) is 0 Å². The topological polar surface area (TPSA) is 120 Å². The number of anilines is 1. The van der Waals surface area contributed by atoms with Crippen LogP contribution in [0.15, 0.2) is 54.7 Å². The molecule has 4 heterocycles. The van der Waals surface area contributed by atoms with Crippen molar-refractivity contribution in [3.05, 3.63) is 82.9 Å². The standard InChI is InChI=1S/C33H38N8O2/c1-32(2,3)21-17-22(19-34)35-28(18-21)37-31(42)36-26-12-13-27(25-10-7-6-9-24(25)26)43-23-11-14-29-38-39-30(41(29)20-23)33(4)15-8-16-40(33)5/h6-7,9-11,14,17-18,20,26-27H,8,12-13,15-16H2,1-5H3,(H2,35,36,37,42)/t26-,27+,33?/m0/s1. The number of benzene rings is 1. The van der Waals surface area contributed by atoms with E-state index in [1.54, 1.807) is 6.07 Å². The number of likely N-dealkylation sites (tertiary alicyclic amines) is 1. The van der Waals surface area contributed by atoms with Crippen molar-refractivity contribution in [3.63, 3.8) is 0 Å². The summed E-state index contributed by atoms with van der Waals surface area (Å²) in [5, 5.41) is 24.4. The summed E-state index contributed by atoms with van der Waals surface area (Å²) in [5.74, 6) is 2.03. The smallest absolute Gasteiger partial charge is 0.320 e. The minimum Gasteiger partial charge on any atom is -0.484 e. The molecule has 2 N–H and O–H groups in total. The van der Waals surface area contributed by atoms with Crippen molar-refractivity contribution >= 4 is 17.5 Å². The molecule has 0 radical (unpaired) electrons. The van der Waals surface area contributed by atoms with Crippen molar-refractivity contribution in [2.75, 3.05) is 18.9 Å². The Morgan fingerprint density at radius 1 is 1.12 bits per heavy atom. The largest absolute Gasteiger partial charge is 0.484 e. The van der Waals surface area contributed by atoms with Gasteiger partial charge in [0.25, 0.3) is 0 Å². The zero-order valence-electron chi connectivity index (χ0n) is 25.4. The molecule has 3 atom stereocenters. The number of rotatable bonds is 5. The number of ether oxygens (including phenoxy) is 1. The average molecular weight is 579 g/mol. The molecule has 0 bridgehead atoms. The van der Waals surface area contributed by atoms with Crippen LogP contribution in [0.25, 0.3) is 5.65 Å². The Morgan fingerprint density at radius 3 is 2.63 bits per heavy atom. The Bertz CT molecular complexity index is 1720. The number of pyridine rings is 2. The fourth-order valence-electron chi connectivity index (χ4n) is 6.27. The minimum atomic E-state index is -0.363. The molecule has 1 aliphatic carbocycles. The molecule has 1 fully saturated rings. The molecule has 0 saturated carbocycles. The summed E-state index contributed by atoms with van der Waals surface area (Å²) in [7, 11) is 2.14. The van der Waals surface area contributed by atoms with Crippen LogP contribution in [0, 0.1) is 11.3 Å². The Balaban J connectivity index is 1.20. The molecule has 2 amide bonds. The molecule has 222 valence electrons. The van der Waals surface area contributed by atoms with Crippen LogP contribution in [-0.2, 0) is 11.0 Å². The van der Waals surface area contributed by atoms with E-state index in [-0.39, 0.29) is 34.8 Å². The Hall–Kier alpha value is -4.49. The summed E-state index contributed by atoms with van der Waals surface area (Å²) < 4.78 is 8.65. The van der Waals surface area contributed by atoms with Gasteiger partial charge in [-0.3, -0.25) is 14.6 Å². The lowest BCUT2D eigenvalue weighted by atomic mass is 9.85. The highest BCUT2D eigenvalue weighted by Gasteiger charge is 2.40. The number of carbonyl (C=O) groups excluding carboxylic acids is 1. The minimum absolute atomic E-state index is 0.164. The zero-order valence-corrected chi connectivity index (χ0v) is 25.4. The van der Waals surface area contributed by atoms with E-state index in [2.05, 4.69) is 82.0 Å². The summed E-state index contributed by atoms with van der Waals surface area (Å²) in [6.07, 6.45) is 5.43. The summed E-state index contributed by atoms with van der Waals surface area (Å²) in [6, 6.07) is 17.1. The predicted molar refractivity (Wildman–Crippen MR) is 164 cm³/mol. The Kier molecular flexibility index (Phi) is 7.30. The highest BCUT2D eigenvalue weighted by molar-refractivity contribution is 5.88. The molecule has 3 aromatic heterocycles. The second-order valence-electron chi connectivity index (χ2n) is 12.9. The van der Waals surface area contributed by atoms with Crippen molar-refractivity contribution in [2.24, 2.45) is 0 Å². The predicted octanol–water partition coefficient (Wildman–Crippen LogP) is 6.01. The van der Waals surface area contributed by atoms with E-state index < -0.39 is 0 Å². The monoisotopic (exact) mass is 578 g/mol. The quantitative estimate of drug-likeness (QED) is 0.297. The molecule has 1 aliphatic heterocycles. The second-order valence-corrected chi connectivity index (χ2v) is 12.9. The maximum atomic E-state index is 13.1. The molecule has 0 spiro atoms. The lowest BCUT2D eigenvalue weighted by molar-refractivity contribution is 0.170. The van der Waals surface area contributed by atoms with Gasteiger partial charge in [0.1, 0.15) is 29.4 Å². The fourth-order valence-corrected chi connectivity index (χ4v) is 6.27. The summed E-state index contributed by atoms with van der Waals surface area (Å²) in [5.41, 5.74) is 3.70. The van der Waals surface area contributed by atoms with Crippen LogP contribution in [0.5, 0.6) is 5.75 Å². The first-order valence-corrected chi connectivity index (χ1v) is 14.9. The first-order valence-electron chi connectivity index (χ1n) is 14.9. The third-order valence-electron chi connectivity index (χ3n) is 8.92. The van der Waals surface area contributed by atoms with Crippen LogP contribution in [0.4, 0.5) is 10.6 Å². The number of nitrogens with one attached hydrogen (secondary N) is 2. The van der Waals surface area contributed by atoms with Gasteiger partial charge in [0, 0.05) is 0 Å². The van der Waals surface area contributed by atoms with Crippen LogP contribution >= 0.6 is 0 Å². The van der Waals surface area contributed by atoms with E-state index in [0.29, 0.717) is 12.2 Å². The van der Waals surface area contributed by atoms with E-state index >= 15 is 0 Å². The van der Waals surface area contributed by atoms with Crippen molar-refractivity contribution in [1.82, 2.24) is 29.8 Å². The van der Waals surface area contributed by atoms with Gasteiger partial charge in [0.05, 0.1) is 17.8 Å². The van der Waals surface area contributed by atoms with Gasteiger partial charge in [-0.15, -0.1) is 10.2 Å². The first-order chi connectivity index (χ1) is 20.5. The average Bonchev–Trinajstić information content (AvgIpc) is 3.56. The molecule has 1 unspecified atom stereocenters. The number of hydrogen-bond acceptors (Lipinski definition) is 7. The summed E-state index contributed by atoms with van der Waals surface area (Å²) in [6.45, 7) is 9.44. The van der Waals surface area contributed by atoms with Crippen LogP contribution in [0.1, 0.15) is 93.7 Å². The van der Waals surface area contributed by atoms with Crippen LogP contribution in [0.3, 0.4) is 0 Å². The number of amides is 2. The molecule has 2 aliphatic rings. The molecular weight excluding hydrogens is 540 g/mol. The molecule has 6 rings (SSSR count). The third-order valence-corrected chi connectivity index (χ3v) is 8.92. The van der Waals surface area contributed by atoms with Gasteiger partial charge in [-0.2, -0.15) is 5.26 Å². The number of nitrogens with zero attached hydrogens (tertiary/aromatic N) is 6. The third kappa shape index (κ3) is 5.53. The van der Waals surface area contributed by atoms with Gasteiger partial charge in [0.2, 0.25) is 0 Å². The number of carbonyl (C=O) groups is 1. The van der Waals surface area contributed by atoms with Crippen LogP contribution in [-0.4, -0.2) is 44.1 Å². The number of aromatic nitrogens is 4. The van der Waals surface area contributed by atoms with Crippen molar-refractivity contribution in [1.29, 1.82) is 5.26 Å². The van der Waals surface area contributed by atoms with E-state index in [1.165, 1.54) is 0 Å². The number of urea groups is 1. The number of fused-ring (bicyclic) bond motifs is 2. The van der Waals surface area contributed by atoms with Gasteiger partial charge in [0.15, 0.2) is 11.5 Å². The Labute approximate surface area is 252 Å². The number of hydrogen-bond donors (Lipinski definition) is 2. The Morgan fingerprint density at radius 2 is 1.91 bits per heavy atom. The van der Waals surface area contributed by atoms with Gasteiger partial charge in [-0.25, -0.2) is 9.78 Å². The fraction of sp³-hybridized carbons (Fsp3) is 0.424. The molecule has 1 aromatic carbocycles. The van der Waals surface area contributed by atoms with Gasteiger partial charge in [-0.05, 0) is 92.6 Å². The molecule has 1 saturated heterocycles. The highest BCUT2D eigenvalue weighted by Crippen LogP contribution is 2.40. The first kappa shape index (κ1) is 28.6. The van der Waals surface area contributed by atoms with Crippen molar-refractivity contribution in [3.8, 4) is 11.8 Å². The number of nitriles is 1. The zero-order chi connectivity index (χ0) is 30.4. The summed E-state index contributed by atoms with van der Waals surface area (Å²) >= 11 is 0. The van der Waals surface area contributed by atoms with Gasteiger partial charge in [-0.1, -0.05) is 45.0 Å². The molecule has 10 nitrogen and oxygen atoms in total.